The summed E-state index contributed by atoms with van der Waals surface area (Å²) in [6, 6.07) is 13.7. The Bertz CT molecular complexity index is 941. The van der Waals surface area contributed by atoms with Gasteiger partial charge in [-0.2, -0.15) is 0 Å². The Morgan fingerprint density at radius 2 is 1.03 bits per heavy atom. The Morgan fingerprint density at radius 3 is 1.42 bits per heavy atom. The SMILES string of the molecule is CCCCNC(=O)c1cccc(NC(=O)CCCCC(=O)Nc2cccc(C(=O)NCCCC)c2)c1. The van der Waals surface area contributed by atoms with Crippen molar-refractivity contribution in [3.8, 4) is 0 Å². The average Bonchev–Trinajstić information content (AvgIpc) is 2.87. The molecule has 2 rings (SSSR count). The normalized spacial score (nSPS) is 10.4. The molecule has 4 N–H and O–H groups in total. The van der Waals surface area contributed by atoms with E-state index in [1.165, 1.54) is 0 Å². The second kappa shape index (κ2) is 16.1. The molecule has 8 nitrogen and oxygen atoms in total. The minimum Gasteiger partial charge on any atom is -0.352 e. The topological polar surface area (TPSA) is 116 Å². The highest BCUT2D eigenvalue weighted by Gasteiger charge is 2.10. The lowest BCUT2D eigenvalue weighted by atomic mass is 10.1. The van der Waals surface area contributed by atoms with Crippen LogP contribution in [0.1, 0.15) is 85.9 Å². The van der Waals surface area contributed by atoms with Gasteiger partial charge in [-0.3, -0.25) is 19.2 Å². The molecule has 8 heteroatoms. The van der Waals surface area contributed by atoms with Crippen molar-refractivity contribution in [3.63, 3.8) is 0 Å². The van der Waals surface area contributed by atoms with E-state index in [-0.39, 0.29) is 36.5 Å². The number of nitrogens with one attached hydrogen (secondary N) is 4. The van der Waals surface area contributed by atoms with Gasteiger partial charge in [0, 0.05) is 48.4 Å². The van der Waals surface area contributed by atoms with Crippen LogP contribution in [0.15, 0.2) is 48.5 Å². The van der Waals surface area contributed by atoms with Crippen molar-refractivity contribution < 1.29 is 19.2 Å². The molecule has 0 fully saturated rings. The summed E-state index contributed by atoms with van der Waals surface area (Å²) in [4.78, 5) is 48.9. The predicted molar refractivity (Wildman–Crippen MR) is 143 cm³/mol. The van der Waals surface area contributed by atoms with Crippen LogP contribution in [0.5, 0.6) is 0 Å². The van der Waals surface area contributed by atoms with Crippen LogP contribution in [-0.4, -0.2) is 36.7 Å². The van der Waals surface area contributed by atoms with Crippen molar-refractivity contribution in [2.75, 3.05) is 23.7 Å². The number of anilines is 2. The number of amides is 4. The molecule has 4 amide bonds. The standard InChI is InChI=1S/C28H38N4O4/c1-3-5-17-29-27(35)21-11-9-13-23(19-21)31-25(33)15-7-8-16-26(34)32-24-14-10-12-22(20-24)28(36)30-18-6-4-2/h9-14,19-20H,3-8,15-18H2,1-2H3,(H,29,35)(H,30,36)(H,31,33)(H,32,34). The van der Waals surface area contributed by atoms with Crippen LogP contribution in [0.4, 0.5) is 11.4 Å². The number of hydrogen-bond acceptors (Lipinski definition) is 4. The van der Waals surface area contributed by atoms with E-state index in [0.717, 1.165) is 25.7 Å². The number of benzene rings is 2. The number of unbranched alkanes of at least 4 members (excludes halogenated alkanes) is 3. The average molecular weight is 495 g/mol. The molecule has 194 valence electrons. The van der Waals surface area contributed by atoms with Gasteiger partial charge in [-0.05, 0) is 62.1 Å². The Balaban J connectivity index is 1.71. The van der Waals surface area contributed by atoms with Gasteiger partial charge in [-0.1, -0.05) is 38.8 Å². The van der Waals surface area contributed by atoms with Crippen molar-refractivity contribution in [2.45, 2.75) is 65.2 Å². The van der Waals surface area contributed by atoms with E-state index in [1.54, 1.807) is 48.5 Å². The first-order valence-corrected chi connectivity index (χ1v) is 12.8. The molecule has 0 bridgehead atoms. The fourth-order valence-electron chi connectivity index (χ4n) is 3.46. The zero-order valence-electron chi connectivity index (χ0n) is 21.3. The van der Waals surface area contributed by atoms with Crippen LogP contribution >= 0.6 is 0 Å². The highest BCUT2D eigenvalue weighted by molar-refractivity contribution is 5.98. The molecular weight excluding hydrogens is 456 g/mol. The molecular formula is C28H38N4O4. The molecule has 0 atom stereocenters. The van der Waals surface area contributed by atoms with Crippen molar-refractivity contribution in [1.29, 1.82) is 0 Å². The minimum atomic E-state index is -0.166. The van der Waals surface area contributed by atoms with E-state index in [0.29, 0.717) is 48.4 Å². The molecule has 0 aliphatic carbocycles. The molecule has 36 heavy (non-hydrogen) atoms. The maximum atomic E-state index is 12.3. The van der Waals surface area contributed by atoms with Crippen LogP contribution in [-0.2, 0) is 9.59 Å². The lowest BCUT2D eigenvalue weighted by Crippen LogP contribution is -2.24. The van der Waals surface area contributed by atoms with E-state index in [1.807, 2.05) is 0 Å². The second-order valence-electron chi connectivity index (χ2n) is 8.68. The van der Waals surface area contributed by atoms with Crippen LogP contribution < -0.4 is 21.3 Å². The summed E-state index contributed by atoms with van der Waals surface area (Å²) in [7, 11) is 0. The van der Waals surface area contributed by atoms with Gasteiger partial charge in [0.05, 0.1) is 0 Å². The Labute approximate surface area is 213 Å². The number of carbonyl (C=O) groups is 4. The molecule has 0 saturated heterocycles. The zero-order valence-corrected chi connectivity index (χ0v) is 21.3. The predicted octanol–water partition coefficient (Wildman–Crippen LogP) is 4.88. The summed E-state index contributed by atoms with van der Waals surface area (Å²) < 4.78 is 0. The van der Waals surface area contributed by atoms with Crippen molar-refractivity contribution in [2.24, 2.45) is 0 Å². The fraction of sp³-hybridized carbons (Fsp3) is 0.429. The minimum absolute atomic E-state index is 0.159. The maximum Gasteiger partial charge on any atom is 0.251 e. The summed E-state index contributed by atoms with van der Waals surface area (Å²) in [6.45, 7) is 5.37. The summed E-state index contributed by atoms with van der Waals surface area (Å²) >= 11 is 0. The van der Waals surface area contributed by atoms with Gasteiger partial charge in [0.15, 0.2) is 0 Å². The molecule has 2 aromatic carbocycles. The number of hydrogen-bond donors (Lipinski definition) is 4. The summed E-state index contributed by atoms with van der Waals surface area (Å²) in [6.07, 6.45) is 5.49. The van der Waals surface area contributed by atoms with E-state index < -0.39 is 0 Å². The molecule has 0 radical (unpaired) electrons. The lowest BCUT2D eigenvalue weighted by molar-refractivity contribution is -0.118. The van der Waals surface area contributed by atoms with Gasteiger partial charge in [-0.25, -0.2) is 0 Å². The second-order valence-corrected chi connectivity index (χ2v) is 8.68. The fourth-order valence-corrected chi connectivity index (χ4v) is 3.46. The number of carbonyl (C=O) groups excluding carboxylic acids is 4. The smallest absolute Gasteiger partial charge is 0.251 e. The Morgan fingerprint density at radius 1 is 0.611 bits per heavy atom. The maximum absolute atomic E-state index is 12.3. The zero-order chi connectivity index (χ0) is 26.2. The van der Waals surface area contributed by atoms with Crippen molar-refractivity contribution >= 4 is 35.0 Å². The van der Waals surface area contributed by atoms with Crippen LogP contribution in [0.2, 0.25) is 0 Å². The first-order chi connectivity index (χ1) is 17.4. The van der Waals surface area contributed by atoms with Crippen LogP contribution in [0, 0.1) is 0 Å². The quantitative estimate of drug-likeness (QED) is 0.264. The molecule has 0 saturated carbocycles. The third-order valence-electron chi connectivity index (χ3n) is 5.51. The molecule has 0 aliphatic heterocycles. The van der Waals surface area contributed by atoms with E-state index in [4.69, 9.17) is 0 Å². The van der Waals surface area contributed by atoms with Gasteiger partial charge < -0.3 is 21.3 Å². The Hall–Kier alpha value is -3.68. The lowest BCUT2D eigenvalue weighted by Gasteiger charge is -2.09. The van der Waals surface area contributed by atoms with Gasteiger partial charge in [0.1, 0.15) is 0 Å². The molecule has 0 aliphatic rings. The third-order valence-corrected chi connectivity index (χ3v) is 5.51. The van der Waals surface area contributed by atoms with Crippen molar-refractivity contribution in [3.05, 3.63) is 59.7 Å². The summed E-state index contributed by atoms with van der Waals surface area (Å²) in [5, 5.41) is 11.3. The van der Waals surface area contributed by atoms with Gasteiger partial charge in [0.25, 0.3) is 11.8 Å². The van der Waals surface area contributed by atoms with E-state index >= 15 is 0 Å². The monoisotopic (exact) mass is 494 g/mol. The van der Waals surface area contributed by atoms with Gasteiger partial charge in [0.2, 0.25) is 11.8 Å². The highest BCUT2D eigenvalue weighted by atomic mass is 16.2. The first kappa shape index (κ1) is 28.6. The van der Waals surface area contributed by atoms with Crippen molar-refractivity contribution in [1.82, 2.24) is 10.6 Å². The van der Waals surface area contributed by atoms with E-state index in [2.05, 4.69) is 35.1 Å². The molecule has 0 spiro atoms. The number of rotatable bonds is 15. The molecule has 0 unspecified atom stereocenters. The van der Waals surface area contributed by atoms with E-state index in [9.17, 15) is 19.2 Å². The largest absolute Gasteiger partial charge is 0.352 e. The summed E-state index contributed by atoms with van der Waals surface area (Å²) in [5.74, 6) is -0.650. The highest BCUT2D eigenvalue weighted by Crippen LogP contribution is 2.14. The third kappa shape index (κ3) is 10.7. The summed E-state index contributed by atoms with van der Waals surface area (Å²) in [5.41, 5.74) is 2.14. The molecule has 2 aromatic rings. The van der Waals surface area contributed by atoms with Gasteiger partial charge >= 0.3 is 0 Å². The van der Waals surface area contributed by atoms with Crippen LogP contribution in [0.3, 0.4) is 0 Å². The molecule has 0 aromatic heterocycles. The van der Waals surface area contributed by atoms with Crippen LogP contribution in [0.25, 0.3) is 0 Å². The first-order valence-electron chi connectivity index (χ1n) is 12.8. The Kier molecular flexibility index (Phi) is 12.8. The van der Waals surface area contributed by atoms with Gasteiger partial charge in [-0.15, -0.1) is 0 Å². The molecule has 0 heterocycles.